The van der Waals surface area contributed by atoms with Crippen molar-refractivity contribution in [1.29, 1.82) is 0 Å². The highest BCUT2D eigenvalue weighted by atomic mass is 35.5. The number of hydrogen-bond donors (Lipinski definition) is 1. The van der Waals surface area contributed by atoms with Crippen molar-refractivity contribution in [2.75, 3.05) is 4.90 Å². The van der Waals surface area contributed by atoms with E-state index in [2.05, 4.69) is 0 Å². The molecule has 0 bridgehead atoms. The first-order valence-electron chi connectivity index (χ1n) is 7.76. The third-order valence-corrected chi connectivity index (χ3v) is 4.91. The Morgan fingerprint density at radius 2 is 1.73 bits per heavy atom. The van der Waals surface area contributed by atoms with Gasteiger partial charge in [-0.05, 0) is 47.9 Å². The number of anilines is 1. The van der Waals surface area contributed by atoms with Crippen molar-refractivity contribution in [3.63, 3.8) is 0 Å². The van der Waals surface area contributed by atoms with Crippen LogP contribution in [0.3, 0.4) is 0 Å². The molecule has 2 aromatic carbocycles. The van der Waals surface area contributed by atoms with Gasteiger partial charge in [0.15, 0.2) is 0 Å². The highest BCUT2D eigenvalue weighted by molar-refractivity contribution is 6.31. The van der Waals surface area contributed by atoms with E-state index in [9.17, 15) is 23.1 Å². The lowest BCUT2D eigenvalue weighted by molar-refractivity contribution is -0.175. The van der Waals surface area contributed by atoms with E-state index in [1.807, 2.05) is 0 Å². The van der Waals surface area contributed by atoms with E-state index in [0.717, 1.165) is 4.90 Å². The minimum atomic E-state index is -4.70. The molecule has 138 valence electrons. The fourth-order valence-corrected chi connectivity index (χ4v) is 3.63. The number of nitrogens with zero attached hydrogens (tertiary/aromatic N) is 1. The van der Waals surface area contributed by atoms with E-state index in [-0.39, 0.29) is 13.0 Å². The van der Waals surface area contributed by atoms with Crippen molar-refractivity contribution < 1.29 is 23.1 Å². The highest BCUT2D eigenvalue weighted by Crippen LogP contribution is 2.42. The molecule has 0 aliphatic carbocycles. The van der Waals surface area contributed by atoms with Crippen molar-refractivity contribution in [1.82, 2.24) is 0 Å². The van der Waals surface area contributed by atoms with Gasteiger partial charge in [-0.3, -0.25) is 4.79 Å². The van der Waals surface area contributed by atoms with Crippen LogP contribution < -0.4 is 4.90 Å². The number of carboxylic acid groups (broad SMARTS) is 1. The minimum Gasteiger partial charge on any atom is -0.481 e. The summed E-state index contributed by atoms with van der Waals surface area (Å²) in [4.78, 5) is 12.7. The summed E-state index contributed by atoms with van der Waals surface area (Å²) in [5.74, 6) is -3.10. The average Bonchev–Trinajstić information content (AvgIpc) is 2.54. The van der Waals surface area contributed by atoms with Crippen LogP contribution in [0.2, 0.25) is 10.0 Å². The van der Waals surface area contributed by atoms with Gasteiger partial charge in [-0.15, -0.1) is 0 Å². The van der Waals surface area contributed by atoms with E-state index in [1.54, 1.807) is 24.3 Å². The second kappa shape index (κ2) is 7.00. The van der Waals surface area contributed by atoms with Gasteiger partial charge in [0.25, 0.3) is 0 Å². The first-order chi connectivity index (χ1) is 12.2. The Balaban J connectivity index is 2.10. The van der Waals surface area contributed by atoms with Gasteiger partial charge in [0, 0.05) is 22.3 Å². The van der Waals surface area contributed by atoms with Crippen LogP contribution in [0, 0.1) is 5.92 Å². The number of alkyl halides is 3. The summed E-state index contributed by atoms with van der Waals surface area (Å²) in [6.45, 7) is -0.0975. The molecule has 3 rings (SSSR count). The predicted octanol–water partition coefficient (Wildman–Crippen LogP) is 5.19. The number of benzene rings is 2. The Bertz CT molecular complexity index is 824. The molecular formula is C18H14Cl2F3NO2. The van der Waals surface area contributed by atoms with Crippen molar-refractivity contribution in [3.05, 3.63) is 63.6 Å². The summed E-state index contributed by atoms with van der Waals surface area (Å²) < 4.78 is 41.4. The van der Waals surface area contributed by atoms with E-state index >= 15 is 0 Å². The predicted molar refractivity (Wildman–Crippen MR) is 93.8 cm³/mol. The quantitative estimate of drug-likeness (QED) is 0.766. The molecule has 3 nitrogen and oxygen atoms in total. The van der Waals surface area contributed by atoms with Crippen molar-refractivity contribution >= 4 is 34.9 Å². The van der Waals surface area contributed by atoms with Gasteiger partial charge in [-0.2, -0.15) is 13.2 Å². The minimum absolute atomic E-state index is 0.0975. The third kappa shape index (κ3) is 3.76. The zero-order valence-electron chi connectivity index (χ0n) is 13.3. The molecular weight excluding hydrogens is 390 g/mol. The topological polar surface area (TPSA) is 40.5 Å². The highest BCUT2D eigenvalue weighted by Gasteiger charge is 2.53. The summed E-state index contributed by atoms with van der Waals surface area (Å²) in [6.07, 6.45) is -4.93. The molecule has 2 aromatic rings. The molecule has 1 aliphatic rings. The normalized spacial score (nSPS) is 20.0. The standard InChI is InChI=1S/C18H14Cl2F3NO2/c19-12-3-1-10(2-4-12)9-24-15-6-5-13(20)7-11(15)8-14(17(25)26)16(24)18(21,22)23/h1-7,14,16H,8-9H2,(H,25,26). The van der Waals surface area contributed by atoms with Gasteiger partial charge >= 0.3 is 12.1 Å². The van der Waals surface area contributed by atoms with Crippen LogP contribution in [0.15, 0.2) is 42.5 Å². The second-order valence-corrected chi connectivity index (χ2v) is 7.04. The van der Waals surface area contributed by atoms with Crippen LogP contribution in [0.25, 0.3) is 0 Å². The molecule has 0 saturated carbocycles. The van der Waals surface area contributed by atoms with Gasteiger partial charge in [0.05, 0.1) is 5.92 Å². The van der Waals surface area contributed by atoms with Crippen LogP contribution in [0.1, 0.15) is 11.1 Å². The number of halogens is 5. The molecule has 1 aliphatic heterocycles. The summed E-state index contributed by atoms with van der Waals surface area (Å²) in [5, 5.41) is 10.2. The Labute approximate surface area is 157 Å². The summed E-state index contributed by atoms with van der Waals surface area (Å²) >= 11 is 11.8. The fourth-order valence-electron chi connectivity index (χ4n) is 3.31. The molecule has 0 spiro atoms. The Morgan fingerprint density at radius 1 is 1.12 bits per heavy atom. The summed E-state index contributed by atoms with van der Waals surface area (Å²) in [5.41, 5.74) is 1.42. The van der Waals surface area contributed by atoms with E-state index in [4.69, 9.17) is 23.2 Å². The van der Waals surface area contributed by atoms with Gasteiger partial charge in [-0.25, -0.2) is 0 Å². The number of fused-ring (bicyclic) bond motifs is 1. The molecule has 0 radical (unpaired) electrons. The molecule has 1 heterocycles. The van der Waals surface area contributed by atoms with Crippen LogP contribution in [-0.2, 0) is 17.8 Å². The van der Waals surface area contributed by atoms with Crippen molar-refractivity contribution in [2.45, 2.75) is 25.2 Å². The first kappa shape index (κ1) is 18.9. The Hall–Kier alpha value is -1.92. The lowest BCUT2D eigenvalue weighted by atomic mass is 9.84. The first-order valence-corrected chi connectivity index (χ1v) is 8.51. The summed E-state index contributed by atoms with van der Waals surface area (Å²) in [7, 11) is 0. The molecule has 26 heavy (non-hydrogen) atoms. The average molecular weight is 404 g/mol. The van der Waals surface area contributed by atoms with Gasteiger partial charge in [-0.1, -0.05) is 35.3 Å². The number of carbonyl (C=O) groups is 1. The maximum atomic E-state index is 13.8. The molecule has 0 saturated heterocycles. The number of rotatable bonds is 3. The van der Waals surface area contributed by atoms with Crippen LogP contribution in [-0.4, -0.2) is 23.3 Å². The van der Waals surface area contributed by atoms with Crippen molar-refractivity contribution in [3.8, 4) is 0 Å². The molecule has 0 aromatic heterocycles. The van der Waals surface area contributed by atoms with E-state index in [0.29, 0.717) is 26.9 Å². The van der Waals surface area contributed by atoms with Crippen molar-refractivity contribution in [2.24, 2.45) is 5.92 Å². The van der Waals surface area contributed by atoms with E-state index in [1.165, 1.54) is 18.2 Å². The molecule has 0 fully saturated rings. The zero-order valence-corrected chi connectivity index (χ0v) is 14.8. The SMILES string of the molecule is O=C(O)C1Cc2cc(Cl)ccc2N(Cc2ccc(Cl)cc2)C1C(F)(F)F. The third-order valence-electron chi connectivity index (χ3n) is 4.43. The number of hydrogen-bond acceptors (Lipinski definition) is 2. The smallest absolute Gasteiger partial charge is 0.409 e. The monoisotopic (exact) mass is 403 g/mol. The number of aliphatic carboxylic acids is 1. The maximum Gasteiger partial charge on any atom is 0.409 e. The van der Waals surface area contributed by atoms with Crippen LogP contribution in [0.4, 0.5) is 18.9 Å². The molecule has 2 unspecified atom stereocenters. The van der Waals surface area contributed by atoms with Crippen LogP contribution >= 0.6 is 23.2 Å². The van der Waals surface area contributed by atoms with Crippen LogP contribution in [0.5, 0.6) is 0 Å². The largest absolute Gasteiger partial charge is 0.481 e. The molecule has 1 N–H and O–H groups in total. The summed E-state index contributed by atoms with van der Waals surface area (Å²) in [6, 6.07) is 8.81. The maximum absolute atomic E-state index is 13.8. The zero-order chi connectivity index (χ0) is 19.1. The second-order valence-electron chi connectivity index (χ2n) is 6.16. The van der Waals surface area contributed by atoms with E-state index < -0.39 is 24.1 Å². The van der Waals surface area contributed by atoms with Gasteiger partial charge in [0.1, 0.15) is 6.04 Å². The molecule has 8 heteroatoms. The van der Waals surface area contributed by atoms with Gasteiger partial charge in [0.2, 0.25) is 0 Å². The lowest BCUT2D eigenvalue weighted by Crippen LogP contribution is -2.55. The lowest BCUT2D eigenvalue weighted by Gasteiger charge is -2.43. The molecule has 0 amide bonds. The van der Waals surface area contributed by atoms with Gasteiger partial charge < -0.3 is 10.0 Å². The fraction of sp³-hybridized carbons (Fsp3) is 0.278. The Morgan fingerprint density at radius 3 is 2.31 bits per heavy atom. The molecule has 2 atom stereocenters. The Kier molecular flexibility index (Phi) is 5.08. The number of carboxylic acids is 1.